The molecule has 4 heteroatoms. The van der Waals surface area contributed by atoms with Crippen LogP contribution in [0.3, 0.4) is 0 Å². The van der Waals surface area contributed by atoms with E-state index in [1.807, 2.05) is 0 Å². The number of hydrogen-bond acceptors (Lipinski definition) is 4. The van der Waals surface area contributed by atoms with Crippen molar-refractivity contribution in [2.24, 2.45) is 0 Å². The van der Waals surface area contributed by atoms with Crippen LogP contribution in [0.2, 0.25) is 0 Å². The van der Waals surface area contributed by atoms with Crippen LogP contribution in [0.15, 0.2) is 28.9 Å². The molecule has 0 aromatic carbocycles. The van der Waals surface area contributed by atoms with Crippen molar-refractivity contribution in [1.82, 2.24) is 0 Å². The second kappa shape index (κ2) is 6.61. The molecule has 1 aromatic rings. The SMILES string of the molecule is CCOC(=O)CCC(=O)C=Cc1ccco1. The van der Waals surface area contributed by atoms with E-state index in [9.17, 15) is 9.59 Å². The first-order valence-corrected chi connectivity index (χ1v) is 5.12. The highest BCUT2D eigenvalue weighted by Crippen LogP contribution is 2.03. The van der Waals surface area contributed by atoms with Gasteiger partial charge in [-0.2, -0.15) is 0 Å². The summed E-state index contributed by atoms with van der Waals surface area (Å²) in [5.74, 6) is 0.149. The van der Waals surface area contributed by atoms with E-state index >= 15 is 0 Å². The van der Waals surface area contributed by atoms with Crippen molar-refractivity contribution in [3.63, 3.8) is 0 Å². The summed E-state index contributed by atoms with van der Waals surface area (Å²) in [6, 6.07) is 3.48. The predicted molar refractivity (Wildman–Crippen MR) is 58.6 cm³/mol. The Labute approximate surface area is 93.9 Å². The van der Waals surface area contributed by atoms with Crippen LogP contribution < -0.4 is 0 Å². The summed E-state index contributed by atoms with van der Waals surface area (Å²) < 4.78 is 9.73. The number of rotatable bonds is 6. The molecule has 0 N–H and O–H groups in total. The van der Waals surface area contributed by atoms with E-state index in [1.165, 1.54) is 12.3 Å². The van der Waals surface area contributed by atoms with Crippen molar-refractivity contribution in [3.8, 4) is 0 Å². The van der Waals surface area contributed by atoms with E-state index in [1.54, 1.807) is 25.1 Å². The van der Waals surface area contributed by atoms with Crippen LogP contribution in [0.25, 0.3) is 6.08 Å². The van der Waals surface area contributed by atoms with E-state index in [0.717, 1.165) is 0 Å². The van der Waals surface area contributed by atoms with Crippen LogP contribution >= 0.6 is 0 Å². The molecule has 0 spiro atoms. The van der Waals surface area contributed by atoms with E-state index < -0.39 is 0 Å². The Morgan fingerprint density at radius 1 is 1.44 bits per heavy atom. The van der Waals surface area contributed by atoms with Gasteiger partial charge >= 0.3 is 5.97 Å². The van der Waals surface area contributed by atoms with Crippen molar-refractivity contribution < 1.29 is 18.7 Å². The predicted octanol–water partition coefficient (Wildman–Crippen LogP) is 2.21. The van der Waals surface area contributed by atoms with Crippen molar-refractivity contribution in [3.05, 3.63) is 30.2 Å². The third-order valence-electron chi connectivity index (χ3n) is 1.86. The molecule has 0 saturated carbocycles. The maximum absolute atomic E-state index is 11.3. The third-order valence-corrected chi connectivity index (χ3v) is 1.86. The van der Waals surface area contributed by atoms with Crippen LogP contribution in [0, 0.1) is 0 Å². The minimum Gasteiger partial charge on any atom is -0.466 e. The molecule has 0 aliphatic carbocycles. The number of carbonyl (C=O) groups excluding carboxylic acids is 2. The van der Waals surface area contributed by atoms with Crippen molar-refractivity contribution in [2.45, 2.75) is 19.8 Å². The van der Waals surface area contributed by atoms with Gasteiger partial charge in [0.05, 0.1) is 19.3 Å². The maximum atomic E-state index is 11.3. The average molecular weight is 222 g/mol. The van der Waals surface area contributed by atoms with Crippen LogP contribution in [0.5, 0.6) is 0 Å². The molecule has 0 aliphatic heterocycles. The van der Waals surface area contributed by atoms with Gasteiger partial charge in [-0.1, -0.05) is 0 Å². The molecule has 1 rings (SSSR count). The van der Waals surface area contributed by atoms with Crippen LogP contribution in [0.4, 0.5) is 0 Å². The molecule has 1 aromatic heterocycles. The molecule has 0 atom stereocenters. The molecular weight excluding hydrogens is 208 g/mol. The molecule has 4 nitrogen and oxygen atoms in total. The smallest absolute Gasteiger partial charge is 0.306 e. The summed E-state index contributed by atoms with van der Waals surface area (Å²) in [5, 5.41) is 0. The van der Waals surface area contributed by atoms with Gasteiger partial charge in [-0.3, -0.25) is 9.59 Å². The van der Waals surface area contributed by atoms with Gasteiger partial charge in [0.1, 0.15) is 5.76 Å². The fourth-order valence-corrected chi connectivity index (χ4v) is 1.10. The molecule has 0 unspecified atom stereocenters. The topological polar surface area (TPSA) is 56.5 Å². The van der Waals surface area contributed by atoms with E-state index in [0.29, 0.717) is 12.4 Å². The Kier molecular flexibility index (Phi) is 5.05. The van der Waals surface area contributed by atoms with Crippen LogP contribution in [-0.4, -0.2) is 18.4 Å². The Balaban J connectivity index is 2.28. The van der Waals surface area contributed by atoms with Crippen molar-refractivity contribution in [2.75, 3.05) is 6.61 Å². The summed E-state index contributed by atoms with van der Waals surface area (Å²) >= 11 is 0. The summed E-state index contributed by atoms with van der Waals surface area (Å²) in [6.07, 6.45) is 4.79. The van der Waals surface area contributed by atoms with Gasteiger partial charge in [0.25, 0.3) is 0 Å². The lowest BCUT2D eigenvalue weighted by Crippen LogP contribution is -2.06. The fourth-order valence-electron chi connectivity index (χ4n) is 1.10. The average Bonchev–Trinajstić information content (AvgIpc) is 2.77. The Hall–Kier alpha value is -1.84. The summed E-state index contributed by atoms with van der Waals surface area (Å²) in [7, 11) is 0. The molecule has 0 bridgehead atoms. The van der Waals surface area contributed by atoms with E-state index in [2.05, 4.69) is 0 Å². The Bertz CT molecular complexity index is 362. The summed E-state index contributed by atoms with van der Waals surface area (Å²) in [4.78, 5) is 22.3. The number of hydrogen-bond donors (Lipinski definition) is 0. The second-order valence-electron chi connectivity index (χ2n) is 3.12. The number of furan rings is 1. The van der Waals surface area contributed by atoms with E-state index in [-0.39, 0.29) is 24.6 Å². The number of carbonyl (C=O) groups is 2. The lowest BCUT2D eigenvalue weighted by Gasteiger charge is -1.98. The maximum Gasteiger partial charge on any atom is 0.306 e. The van der Waals surface area contributed by atoms with Gasteiger partial charge in [-0.05, 0) is 31.2 Å². The molecule has 0 amide bonds. The standard InChI is InChI=1S/C12H14O4/c1-2-15-12(14)8-6-10(13)5-7-11-4-3-9-16-11/h3-5,7,9H,2,6,8H2,1H3. The first kappa shape index (κ1) is 12.2. The first-order valence-electron chi connectivity index (χ1n) is 5.12. The Morgan fingerprint density at radius 2 is 2.25 bits per heavy atom. The normalized spacial score (nSPS) is 10.6. The minimum atomic E-state index is -0.345. The minimum absolute atomic E-state index is 0.120. The van der Waals surface area contributed by atoms with Gasteiger partial charge in [0, 0.05) is 6.42 Å². The highest BCUT2D eigenvalue weighted by atomic mass is 16.5. The molecule has 0 radical (unpaired) electrons. The van der Waals surface area contributed by atoms with Gasteiger partial charge in [-0.25, -0.2) is 0 Å². The molecule has 0 fully saturated rings. The first-order chi connectivity index (χ1) is 7.72. The summed E-state index contributed by atoms with van der Waals surface area (Å²) in [6.45, 7) is 2.08. The fraction of sp³-hybridized carbons (Fsp3) is 0.333. The number of allylic oxidation sites excluding steroid dienone is 1. The molecule has 1 heterocycles. The zero-order chi connectivity index (χ0) is 11.8. The number of ketones is 1. The zero-order valence-corrected chi connectivity index (χ0v) is 9.14. The van der Waals surface area contributed by atoms with Gasteiger partial charge in [0.2, 0.25) is 0 Å². The molecule has 0 saturated heterocycles. The number of esters is 1. The second-order valence-corrected chi connectivity index (χ2v) is 3.12. The van der Waals surface area contributed by atoms with Gasteiger partial charge < -0.3 is 9.15 Å². The molecular formula is C12H14O4. The Morgan fingerprint density at radius 3 is 2.88 bits per heavy atom. The molecule has 0 aliphatic rings. The monoisotopic (exact) mass is 222 g/mol. The van der Waals surface area contributed by atoms with Gasteiger partial charge in [0.15, 0.2) is 5.78 Å². The highest BCUT2D eigenvalue weighted by Gasteiger charge is 2.04. The summed E-state index contributed by atoms with van der Waals surface area (Å²) in [5.41, 5.74) is 0. The lowest BCUT2D eigenvalue weighted by molar-refractivity contribution is -0.144. The third kappa shape index (κ3) is 4.59. The molecule has 16 heavy (non-hydrogen) atoms. The van der Waals surface area contributed by atoms with Crippen molar-refractivity contribution in [1.29, 1.82) is 0 Å². The zero-order valence-electron chi connectivity index (χ0n) is 9.14. The highest BCUT2D eigenvalue weighted by molar-refractivity contribution is 5.94. The van der Waals surface area contributed by atoms with Crippen LogP contribution in [0.1, 0.15) is 25.5 Å². The van der Waals surface area contributed by atoms with Crippen LogP contribution in [-0.2, 0) is 14.3 Å². The van der Waals surface area contributed by atoms with E-state index in [4.69, 9.17) is 9.15 Å². The molecule has 86 valence electrons. The lowest BCUT2D eigenvalue weighted by atomic mass is 10.2. The largest absolute Gasteiger partial charge is 0.466 e. The quantitative estimate of drug-likeness (QED) is 0.547. The van der Waals surface area contributed by atoms with Crippen molar-refractivity contribution >= 4 is 17.8 Å². The van der Waals surface area contributed by atoms with Gasteiger partial charge in [-0.15, -0.1) is 0 Å². The number of ether oxygens (including phenoxy) is 1.